The van der Waals surface area contributed by atoms with Gasteiger partial charge in [0.1, 0.15) is 11.6 Å². The second-order valence-corrected chi connectivity index (χ2v) is 9.95. The Labute approximate surface area is 228 Å². The van der Waals surface area contributed by atoms with Crippen molar-refractivity contribution in [3.63, 3.8) is 0 Å². The standard InChI is InChI=1S/C27H35FN4O4.BrH/c1-9-36-23-17(26(34)30-5)12-16-18(22(23)28)13-32(25(16)29)14-21(33)15-10-19(27(2,3)4)24(35-8)20(11-15)31(6)7;/h10-12,29H,9,13-14H2,1-8H3,(H,30,34);1H. The lowest BCUT2D eigenvalue weighted by molar-refractivity contribution is 0.0952. The van der Waals surface area contributed by atoms with E-state index in [1.807, 2.05) is 45.8 Å². The molecule has 1 aliphatic rings. The average Bonchev–Trinajstić information content (AvgIpc) is 3.13. The molecule has 0 aliphatic carbocycles. The lowest BCUT2D eigenvalue weighted by Crippen LogP contribution is -2.30. The number of carbonyl (C=O) groups excluding carboxylic acids is 2. The summed E-state index contributed by atoms with van der Waals surface area (Å²) in [5.74, 6) is -0.841. The number of nitrogens with one attached hydrogen (secondary N) is 2. The van der Waals surface area contributed by atoms with Crippen molar-refractivity contribution in [1.29, 1.82) is 5.41 Å². The highest BCUT2D eigenvalue weighted by Gasteiger charge is 2.34. The molecule has 1 aliphatic heterocycles. The summed E-state index contributed by atoms with van der Waals surface area (Å²) >= 11 is 0. The largest absolute Gasteiger partial charge is 0.494 e. The maximum absolute atomic E-state index is 15.4. The number of amidine groups is 1. The number of benzene rings is 2. The quantitative estimate of drug-likeness (QED) is 0.446. The number of anilines is 1. The summed E-state index contributed by atoms with van der Waals surface area (Å²) in [5, 5.41) is 11.1. The number of ketones is 1. The molecule has 0 spiro atoms. The van der Waals surface area contributed by atoms with Crippen molar-refractivity contribution >= 4 is 40.2 Å². The molecule has 0 aromatic heterocycles. The van der Waals surface area contributed by atoms with Crippen molar-refractivity contribution in [1.82, 2.24) is 10.2 Å². The molecule has 2 N–H and O–H groups in total. The van der Waals surface area contributed by atoms with Gasteiger partial charge in [0.05, 0.1) is 31.5 Å². The van der Waals surface area contributed by atoms with Crippen LogP contribution in [0.25, 0.3) is 0 Å². The summed E-state index contributed by atoms with van der Waals surface area (Å²) in [7, 11) is 6.82. The van der Waals surface area contributed by atoms with E-state index in [9.17, 15) is 9.59 Å². The van der Waals surface area contributed by atoms with E-state index in [0.717, 1.165) is 11.3 Å². The monoisotopic (exact) mass is 578 g/mol. The SMILES string of the molecule is Br.CCOc1c(C(=O)NC)cc2c(c1F)CN(CC(=O)c1cc(N(C)C)c(OC)c(C(C)(C)C)c1)C2=N. The van der Waals surface area contributed by atoms with Crippen molar-refractivity contribution in [2.24, 2.45) is 0 Å². The molecule has 0 saturated heterocycles. The van der Waals surface area contributed by atoms with Crippen molar-refractivity contribution < 1.29 is 23.5 Å². The second kappa shape index (κ2) is 11.5. The molecule has 202 valence electrons. The number of amides is 1. The van der Waals surface area contributed by atoms with Gasteiger partial charge in [-0.15, -0.1) is 17.0 Å². The van der Waals surface area contributed by atoms with Gasteiger partial charge in [-0.05, 0) is 30.5 Å². The molecule has 2 aromatic rings. The summed E-state index contributed by atoms with van der Waals surface area (Å²) in [6.07, 6.45) is 0. The number of hydrogen-bond acceptors (Lipinski definition) is 6. The fourth-order valence-corrected chi connectivity index (χ4v) is 4.34. The summed E-state index contributed by atoms with van der Waals surface area (Å²) in [6, 6.07) is 5.07. The van der Waals surface area contributed by atoms with Gasteiger partial charge in [-0.3, -0.25) is 15.0 Å². The second-order valence-electron chi connectivity index (χ2n) is 9.95. The van der Waals surface area contributed by atoms with E-state index in [1.165, 1.54) is 18.0 Å². The summed E-state index contributed by atoms with van der Waals surface area (Å²) in [5.41, 5.74) is 2.41. The van der Waals surface area contributed by atoms with Crippen LogP contribution >= 0.6 is 17.0 Å². The number of hydrogen-bond donors (Lipinski definition) is 2. The smallest absolute Gasteiger partial charge is 0.254 e. The Bertz CT molecular complexity index is 1220. The van der Waals surface area contributed by atoms with Crippen molar-refractivity contribution in [3.8, 4) is 11.5 Å². The molecule has 3 rings (SSSR count). The van der Waals surface area contributed by atoms with Crippen LogP contribution < -0.4 is 19.7 Å². The Morgan fingerprint density at radius 2 is 1.84 bits per heavy atom. The molecular weight excluding hydrogens is 543 g/mol. The third-order valence-corrected chi connectivity index (χ3v) is 6.22. The molecule has 10 heteroatoms. The maximum Gasteiger partial charge on any atom is 0.254 e. The number of rotatable bonds is 8. The summed E-state index contributed by atoms with van der Waals surface area (Å²) in [4.78, 5) is 29.2. The van der Waals surface area contributed by atoms with Gasteiger partial charge in [0, 0.05) is 49.9 Å². The van der Waals surface area contributed by atoms with E-state index in [2.05, 4.69) is 5.32 Å². The van der Waals surface area contributed by atoms with Gasteiger partial charge in [0.15, 0.2) is 17.3 Å². The fourth-order valence-electron chi connectivity index (χ4n) is 4.34. The van der Waals surface area contributed by atoms with E-state index in [4.69, 9.17) is 14.9 Å². The highest BCUT2D eigenvalue weighted by atomic mass is 79.9. The van der Waals surface area contributed by atoms with Crippen molar-refractivity contribution in [2.45, 2.75) is 39.7 Å². The van der Waals surface area contributed by atoms with Crippen LogP contribution in [0.3, 0.4) is 0 Å². The number of ether oxygens (including phenoxy) is 2. The Hall–Kier alpha value is -3.14. The molecule has 0 unspecified atom stereocenters. The molecule has 8 nitrogen and oxygen atoms in total. The Morgan fingerprint density at radius 1 is 1.19 bits per heavy atom. The van der Waals surface area contributed by atoms with Crippen LogP contribution in [0.2, 0.25) is 0 Å². The number of nitrogens with zero attached hydrogens (tertiary/aromatic N) is 2. The van der Waals surface area contributed by atoms with E-state index in [-0.39, 0.29) is 76.2 Å². The van der Waals surface area contributed by atoms with Crippen LogP contribution in [0.15, 0.2) is 18.2 Å². The van der Waals surface area contributed by atoms with Crippen LogP contribution in [0.5, 0.6) is 11.5 Å². The highest BCUT2D eigenvalue weighted by molar-refractivity contribution is 8.93. The Balaban J connectivity index is 0.00000481. The van der Waals surface area contributed by atoms with Gasteiger partial charge in [0.2, 0.25) is 0 Å². The predicted molar refractivity (Wildman–Crippen MR) is 149 cm³/mol. The first-order valence-electron chi connectivity index (χ1n) is 11.8. The van der Waals surface area contributed by atoms with Crippen molar-refractivity contribution in [2.75, 3.05) is 46.3 Å². The minimum atomic E-state index is -0.679. The van der Waals surface area contributed by atoms with Crippen LogP contribution in [-0.2, 0) is 12.0 Å². The van der Waals surface area contributed by atoms with Crippen LogP contribution in [-0.4, -0.2) is 63.8 Å². The molecule has 0 fully saturated rings. The van der Waals surface area contributed by atoms with Gasteiger partial charge in [-0.2, -0.15) is 0 Å². The lowest BCUT2D eigenvalue weighted by atomic mass is 9.84. The van der Waals surface area contributed by atoms with Crippen LogP contribution in [0, 0.1) is 11.2 Å². The minimum absolute atomic E-state index is 0. The third-order valence-electron chi connectivity index (χ3n) is 6.22. The number of halogens is 2. The van der Waals surface area contributed by atoms with Crippen LogP contribution in [0.1, 0.15) is 65.1 Å². The predicted octanol–water partition coefficient (Wildman–Crippen LogP) is 4.56. The molecule has 37 heavy (non-hydrogen) atoms. The Kier molecular flexibility index (Phi) is 9.35. The highest BCUT2D eigenvalue weighted by Crippen LogP contribution is 2.40. The van der Waals surface area contributed by atoms with E-state index >= 15 is 4.39 Å². The molecule has 1 amide bonds. The lowest BCUT2D eigenvalue weighted by Gasteiger charge is -2.27. The molecule has 0 saturated carbocycles. The fraction of sp³-hybridized carbons (Fsp3) is 0.444. The number of methoxy groups -OCH3 is 1. The molecule has 1 heterocycles. The zero-order valence-electron chi connectivity index (χ0n) is 22.7. The first kappa shape index (κ1) is 30.1. The number of Topliss-reactive ketones (excluding diaryl/α,β-unsaturated/α-hetero) is 1. The van der Waals surface area contributed by atoms with E-state index < -0.39 is 11.7 Å². The normalized spacial score (nSPS) is 12.6. The van der Waals surface area contributed by atoms with Crippen molar-refractivity contribution in [3.05, 3.63) is 51.8 Å². The zero-order chi connectivity index (χ0) is 26.9. The molecule has 0 bridgehead atoms. The topological polar surface area (TPSA) is 95.0 Å². The van der Waals surface area contributed by atoms with Gasteiger partial charge >= 0.3 is 0 Å². The van der Waals surface area contributed by atoms with Gasteiger partial charge in [-0.1, -0.05) is 20.8 Å². The van der Waals surface area contributed by atoms with Crippen LogP contribution in [0.4, 0.5) is 10.1 Å². The molecule has 0 atom stereocenters. The molecule has 0 radical (unpaired) electrons. The summed E-state index contributed by atoms with van der Waals surface area (Å²) < 4.78 is 26.5. The number of carbonyl (C=O) groups is 2. The summed E-state index contributed by atoms with van der Waals surface area (Å²) in [6.45, 7) is 7.95. The van der Waals surface area contributed by atoms with E-state index in [0.29, 0.717) is 11.3 Å². The molecular formula is C27H36BrFN4O4. The first-order valence-corrected chi connectivity index (χ1v) is 11.8. The molecule has 2 aromatic carbocycles. The van der Waals surface area contributed by atoms with Gasteiger partial charge in [-0.25, -0.2) is 4.39 Å². The van der Waals surface area contributed by atoms with Gasteiger partial charge in [0.25, 0.3) is 5.91 Å². The number of fused-ring (bicyclic) bond motifs is 1. The van der Waals surface area contributed by atoms with E-state index in [1.54, 1.807) is 20.1 Å². The average molecular weight is 580 g/mol. The minimum Gasteiger partial charge on any atom is -0.494 e. The van der Waals surface area contributed by atoms with Gasteiger partial charge < -0.3 is 24.6 Å². The third kappa shape index (κ3) is 5.74. The zero-order valence-corrected chi connectivity index (χ0v) is 24.4. The first-order chi connectivity index (χ1) is 16.8. The maximum atomic E-state index is 15.4. The Morgan fingerprint density at radius 3 is 2.35 bits per heavy atom.